The molecule has 106 valence electrons. The molecule has 0 radical (unpaired) electrons. The van der Waals surface area contributed by atoms with Gasteiger partial charge in [-0.2, -0.15) is 0 Å². The number of halogens is 2. The lowest BCUT2D eigenvalue weighted by molar-refractivity contribution is 0.594. The van der Waals surface area contributed by atoms with E-state index >= 15 is 0 Å². The second kappa shape index (κ2) is 7.39. The van der Waals surface area contributed by atoms with Crippen LogP contribution in [0.25, 0.3) is 0 Å². The molecule has 20 heavy (non-hydrogen) atoms. The third kappa shape index (κ3) is 3.72. The van der Waals surface area contributed by atoms with E-state index in [4.69, 9.17) is 0 Å². The Hall–Kier alpha value is -0.640. The normalized spacial score (nSPS) is 12.4. The zero-order chi connectivity index (χ0) is 14.5. The Morgan fingerprint density at radius 2 is 1.80 bits per heavy atom. The molecule has 1 unspecified atom stereocenters. The number of hydrogen-bond donors (Lipinski definition) is 1. The molecule has 1 nitrogen and oxygen atoms in total. The Kier molecular flexibility index (Phi) is 5.82. The molecule has 2 aromatic rings. The van der Waals surface area contributed by atoms with E-state index in [0.29, 0.717) is 0 Å². The molecule has 0 aliphatic carbocycles. The quantitative estimate of drug-likeness (QED) is 0.692. The number of nitrogens with one attached hydrogen (secondary N) is 1. The van der Waals surface area contributed by atoms with Crippen molar-refractivity contribution in [3.8, 4) is 0 Å². The van der Waals surface area contributed by atoms with Crippen LogP contribution >= 0.6 is 31.9 Å². The molecule has 3 heteroatoms. The smallest absolute Gasteiger partial charge is 0.0590 e. The maximum Gasteiger partial charge on any atom is 0.0590 e. The summed E-state index contributed by atoms with van der Waals surface area (Å²) < 4.78 is 2.24. The van der Waals surface area contributed by atoms with Gasteiger partial charge in [-0.3, -0.25) is 0 Å². The van der Waals surface area contributed by atoms with Gasteiger partial charge in [0.2, 0.25) is 0 Å². The van der Waals surface area contributed by atoms with Crippen molar-refractivity contribution < 1.29 is 0 Å². The highest BCUT2D eigenvalue weighted by Gasteiger charge is 2.18. The van der Waals surface area contributed by atoms with Crippen LogP contribution < -0.4 is 5.32 Å². The average Bonchev–Trinajstić information content (AvgIpc) is 2.44. The predicted molar refractivity (Wildman–Crippen MR) is 93.2 cm³/mol. The van der Waals surface area contributed by atoms with Crippen molar-refractivity contribution in [2.75, 3.05) is 6.54 Å². The summed E-state index contributed by atoms with van der Waals surface area (Å²) in [7, 11) is 0. The highest BCUT2D eigenvalue weighted by Crippen LogP contribution is 2.32. The molecule has 0 fully saturated rings. The standard InChI is InChI=1S/C17H19Br2N/c1-3-10-20-17(14-7-5-4-6-12(14)2)15-11-13(18)8-9-16(15)19/h4-9,11,17,20H,3,10H2,1-2H3. The van der Waals surface area contributed by atoms with E-state index in [1.165, 1.54) is 16.7 Å². The molecule has 0 aromatic heterocycles. The summed E-state index contributed by atoms with van der Waals surface area (Å²) in [6.45, 7) is 5.36. The zero-order valence-electron chi connectivity index (χ0n) is 11.8. The summed E-state index contributed by atoms with van der Waals surface area (Å²) in [6, 6.07) is 15.1. The largest absolute Gasteiger partial charge is 0.306 e. The van der Waals surface area contributed by atoms with Crippen LogP contribution in [-0.4, -0.2) is 6.54 Å². The summed E-state index contributed by atoms with van der Waals surface area (Å²) in [5.74, 6) is 0. The minimum atomic E-state index is 0.211. The van der Waals surface area contributed by atoms with E-state index in [-0.39, 0.29) is 6.04 Å². The first-order chi connectivity index (χ1) is 9.63. The number of benzene rings is 2. The minimum Gasteiger partial charge on any atom is -0.306 e. The van der Waals surface area contributed by atoms with Crippen molar-refractivity contribution in [1.29, 1.82) is 0 Å². The van der Waals surface area contributed by atoms with Gasteiger partial charge in [0.15, 0.2) is 0 Å². The fourth-order valence-corrected chi connectivity index (χ4v) is 3.18. The molecule has 0 amide bonds. The van der Waals surface area contributed by atoms with Gasteiger partial charge in [0.1, 0.15) is 0 Å². The molecule has 0 heterocycles. The number of hydrogen-bond acceptors (Lipinski definition) is 1. The Labute approximate surface area is 138 Å². The lowest BCUT2D eigenvalue weighted by atomic mass is 9.95. The van der Waals surface area contributed by atoms with Gasteiger partial charge in [-0.15, -0.1) is 0 Å². The minimum absolute atomic E-state index is 0.211. The molecular formula is C17H19Br2N. The summed E-state index contributed by atoms with van der Waals surface area (Å²) >= 11 is 7.26. The first-order valence-electron chi connectivity index (χ1n) is 6.87. The first-order valence-corrected chi connectivity index (χ1v) is 8.46. The Balaban J connectivity index is 2.47. The Bertz CT molecular complexity index is 581. The molecule has 0 saturated heterocycles. The topological polar surface area (TPSA) is 12.0 Å². The SMILES string of the molecule is CCCNC(c1ccccc1C)c1cc(Br)ccc1Br. The van der Waals surface area contributed by atoms with Gasteiger partial charge in [-0.05, 0) is 54.8 Å². The van der Waals surface area contributed by atoms with E-state index in [9.17, 15) is 0 Å². The zero-order valence-corrected chi connectivity index (χ0v) is 15.0. The predicted octanol–water partition coefficient (Wildman–Crippen LogP) is 5.61. The molecule has 0 saturated carbocycles. The third-order valence-electron chi connectivity index (χ3n) is 3.37. The first kappa shape index (κ1) is 15.7. The lowest BCUT2D eigenvalue weighted by Crippen LogP contribution is -2.24. The van der Waals surface area contributed by atoms with Crippen LogP contribution in [-0.2, 0) is 0 Å². The van der Waals surface area contributed by atoms with Gasteiger partial charge in [0.05, 0.1) is 6.04 Å². The van der Waals surface area contributed by atoms with Crippen molar-refractivity contribution in [2.24, 2.45) is 0 Å². The van der Waals surface area contributed by atoms with Gasteiger partial charge in [0, 0.05) is 8.95 Å². The van der Waals surface area contributed by atoms with Gasteiger partial charge < -0.3 is 5.32 Å². The van der Waals surface area contributed by atoms with Crippen molar-refractivity contribution in [3.63, 3.8) is 0 Å². The van der Waals surface area contributed by atoms with Gasteiger partial charge in [-0.1, -0.05) is 63.0 Å². The van der Waals surface area contributed by atoms with E-state index < -0.39 is 0 Å². The van der Waals surface area contributed by atoms with Crippen LogP contribution in [0, 0.1) is 6.92 Å². The summed E-state index contributed by atoms with van der Waals surface area (Å²) in [4.78, 5) is 0. The number of aryl methyl sites for hydroxylation is 1. The molecule has 0 spiro atoms. The monoisotopic (exact) mass is 395 g/mol. The van der Waals surface area contributed by atoms with E-state index in [1.54, 1.807) is 0 Å². The van der Waals surface area contributed by atoms with Crippen molar-refractivity contribution >= 4 is 31.9 Å². The molecule has 0 aliphatic rings. The highest BCUT2D eigenvalue weighted by molar-refractivity contribution is 9.11. The molecular weight excluding hydrogens is 378 g/mol. The fraction of sp³-hybridized carbons (Fsp3) is 0.294. The van der Waals surface area contributed by atoms with Crippen molar-refractivity contribution in [3.05, 3.63) is 68.1 Å². The molecule has 2 aromatic carbocycles. The van der Waals surface area contributed by atoms with Crippen LogP contribution in [0.5, 0.6) is 0 Å². The Morgan fingerprint density at radius 3 is 2.50 bits per heavy atom. The summed E-state index contributed by atoms with van der Waals surface area (Å²) in [5.41, 5.74) is 3.91. The van der Waals surface area contributed by atoms with Crippen molar-refractivity contribution in [2.45, 2.75) is 26.3 Å². The molecule has 2 rings (SSSR count). The van der Waals surface area contributed by atoms with Crippen LogP contribution in [0.2, 0.25) is 0 Å². The number of rotatable bonds is 5. The molecule has 0 bridgehead atoms. The van der Waals surface area contributed by atoms with E-state index in [0.717, 1.165) is 21.9 Å². The average molecular weight is 397 g/mol. The third-order valence-corrected chi connectivity index (χ3v) is 4.58. The van der Waals surface area contributed by atoms with Crippen LogP contribution in [0.3, 0.4) is 0 Å². The summed E-state index contributed by atoms with van der Waals surface area (Å²) in [5, 5.41) is 3.66. The van der Waals surface area contributed by atoms with Crippen LogP contribution in [0.1, 0.15) is 36.1 Å². The second-order valence-electron chi connectivity index (χ2n) is 4.91. The van der Waals surface area contributed by atoms with Gasteiger partial charge in [0.25, 0.3) is 0 Å². The molecule has 1 atom stereocenters. The van der Waals surface area contributed by atoms with Crippen molar-refractivity contribution in [1.82, 2.24) is 5.32 Å². The lowest BCUT2D eigenvalue weighted by Gasteiger charge is -2.23. The van der Waals surface area contributed by atoms with E-state index in [1.807, 2.05) is 0 Å². The van der Waals surface area contributed by atoms with Crippen LogP contribution in [0.15, 0.2) is 51.4 Å². The maximum atomic E-state index is 3.68. The van der Waals surface area contributed by atoms with Gasteiger partial charge in [-0.25, -0.2) is 0 Å². The fourth-order valence-electron chi connectivity index (χ4n) is 2.32. The second-order valence-corrected chi connectivity index (χ2v) is 6.68. The van der Waals surface area contributed by atoms with E-state index in [2.05, 4.69) is 93.5 Å². The molecule has 1 N–H and O–H groups in total. The maximum absolute atomic E-state index is 3.68. The van der Waals surface area contributed by atoms with Crippen LogP contribution in [0.4, 0.5) is 0 Å². The van der Waals surface area contributed by atoms with Gasteiger partial charge >= 0.3 is 0 Å². The summed E-state index contributed by atoms with van der Waals surface area (Å²) in [6.07, 6.45) is 1.12. The highest BCUT2D eigenvalue weighted by atomic mass is 79.9. The Morgan fingerprint density at radius 1 is 1.05 bits per heavy atom. The molecule has 0 aliphatic heterocycles.